The molecule has 1 amide bonds. The zero-order valence-corrected chi connectivity index (χ0v) is 20.0. The van der Waals surface area contributed by atoms with E-state index < -0.39 is 10.0 Å². The molecule has 2 aromatic carbocycles. The zero-order valence-electron chi connectivity index (χ0n) is 19.2. The van der Waals surface area contributed by atoms with Gasteiger partial charge in [-0.05, 0) is 80.9 Å². The maximum Gasteiger partial charge on any atom is 0.262 e. The summed E-state index contributed by atoms with van der Waals surface area (Å²) in [5, 5.41) is 2.89. The Kier molecular flexibility index (Phi) is 8.47. The summed E-state index contributed by atoms with van der Waals surface area (Å²) in [7, 11) is -2.23. The van der Waals surface area contributed by atoms with E-state index in [-0.39, 0.29) is 10.8 Å². The lowest BCUT2D eigenvalue weighted by molar-refractivity contribution is 0.0949. The highest BCUT2D eigenvalue weighted by molar-refractivity contribution is 7.92. The van der Waals surface area contributed by atoms with Gasteiger partial charge >= 0.3 is 0 Å². The third-order valence-electron chi connectivity index (χ3n) is 5.47. The molecule has 0 radical (unpaired) electrons. The van der Waals surface area contributed by atoms with Gasteiger partial charge in [-0.2, -0.15) is 0 Å². The number of carbonyl (C=O) groups excluding carboxylic acids is 1. The molecule has 0 bridgehead atoms. The summed E-state index contributed by atoms with van der Waals surface area (Å²) >= 11 is 0. The lowest BCUT2D eigenvalue weighted by atomic mass is 10.1. The predicted octanol–water partition coefficient (Wildman–Crippen LogP) is 3.49. The maximum absolute atomic E-state index is 13.0. The van der Waals surface area contributed by atoms with Crippen molar-refractivity contribution in [3.8, 4) is 5.75 Å². The average Bonchev–Trinajstić information content (AvgIpc) is 2.73. The van der Waals surface area contributed by atoms with Crippen LogP contribution in [0.5, 0.6) is 5.75 Å². The number of anilines is 1. The SMILES string of the molecule is CCN(CC)CCNC(=O)c1ccc(NS(=O)(=O)c2c(C)cc(OC)c(C)c2C)cc1. The van der Waals surface area contributed by atoms with E-state index in [9.17, 15) is 13.2 Å². The van der Waals surface area contributed by atoms with Gasteiger partial charge in [0.05, 0.1) is 12.0 Å². The van der Waals surface area contributed by atoms with Crippen molar-refractivity contribution in [1.29, 1.82) is 0 Å². The fraction of sp³-hybridized carbons (Fsp3) is 0.435. The number of benzene rings is 2. The largest absolute Gasteiger partial charge is 0.496 e. The number of amides is 1. The molecule has 0 saturated carbocycles. The minimum atomic E-state index is -3.80. The van der Waals surface area contributed by atoms with Crippen molar-refractivity contribution in [3.63, 3.8) is 0 Å². The Bertz CT molecular complexity index is 1010. The van der Waals surface area contributed by atoms with Gasteiger partial charge in [0.15, 0.2) is 0 Å². The van der Waals surface area contributed by atoms with Crippen LogP contribution in [0.3, 0.4) is 0 Å². The molecule has 0 atom stereocenters. The smallest absolute Gasteiger partial charge is 0.262 e. The number of aryl methyl sites for hydroxylation is 1. The van der Waals surface area contributed by atoms with Crippen molar-refractivity contribution in [1.82, 2.24) is 10.2 Å². The van der Waals surface area contributed by atoms with Crippen molar-refractivity contribution in [2.75, 3.05) is 38.0 Å². The number of likely N-dealkylation sites (N-methyl/N-ethyl adjacent to an activating group) is 1. The fourth-order valence-corrected chi connectivity index (χ4v) is 5.10. The molecule has 2 aromatic rings. The van der Waals surface area contributed by atoms with Gasteiger partial charge in [0.1, 0.15) is 5.75 Å². The molecule has 0 aromatic heterocycles. The third kappa shape index (κ3) is 5.98. The second kappa shape index (κ2) is 10.6. The van der Waals surface area contributed by atoms with Crippen molar-refractivity contribution in [2.45, 2.75) is 39.5 Å². The summed E-state index contributed by atoms with van der Waals surface area (Å²) < 4.78 is 34.0. The summed E-state index contributed by atoms with van der Waals surface area (Å²) in [5.41, 5.74) is 2.91. The van der Waals surface area contributed by atoms with E-state index in [2.05, 4.69) is 28.8 Å². The van der Waals surface area contributed by atoms with Crippen LogP contribution in [0, 0.1) is 20.8 Å². The first-order valence-electron chi connectivity index (χ1n) is 10.4. The first-order chi connectivity index (χ1) is 14.6. The first-order valence-corrected chi connectivity index (χ1v) is 11.9. The third-order valence-corrected chi connectivity index (χ3v) is 7.14. The van der Waals surface area contributed by atoms with Gasteiger partial charge in [-0.25, -0.2) is 8.42 Å². The Balaban J connectivity index is 2.12. The van der Waals surface area contributed by atoms with Gasteiger partial charge in [-0.3, -0.25) is 9.52 Å². The standard InChI is InChI=1S/C23H33N3O4S/c1-7-26(8-2)14-13-24-23(27)19-9-11-20(12-10-19)25-31(28,29)22-16(3)15-21(30-6)17(4)18(22)5/h9-12,15,25H,7-8,13-14H2,1-6H3,(H,24,27). The second-order valence-corrected chi connectivity index (χ2v) is 9.06. The molecule has 0 aliphatic carbocycles. The van der Waals surface area contributed by atoms with E-state index in [1.165, 1.54) is 0 Å². The number of ether oxygens (including phenoxy) is 1. The number of hydrogen-bond donors (Lipinski definition) is 2. The van der Waals surface area contributed by atoms with E-state index >= 15 is 0 Å². The minimum absolute atomic E-state index is 0.181. The summed E-state index contributed by atoms with van der Waals surface area (Å²) in [6, 6.07) is 8.14. The first kappa shape index (κ1) is 24.7. The number of rotatable bonds is 10. The lowest BCUT2D eigenvalue weighted by Crippen LogP contribution is -2.34. The Labute approximate surface area is 185 Å². The second-order valence-electron chi connectivity index (χ2n) is 7.44. The minimum Gasteiger partial charge on any atom is -0.496 e. The molecule has 0 heterocycles. The summed E-state index contributed by atoms with van der Waals surface area (Å²) in [6.45, 7) is 12.7. The number of nitrogens with zero attached hydrogens (tertiary/aromatic N) is 1. The Hall–Kier alpha value is -2.58. The van der Waals surface area contributed by atoms with Gasteiger partial charge in [0.25, 0.3) is 15.9 Å². The maximum atomic E-state index is 13.0. The molecule has 2 rings (SSSR count). The molecule has 2 N–H and O–H groups in total. The monoisotopic (exact) mass is 447 g/mol. The van der Waals surface area contributed by atoms with E-state index in [0.717, 1.165) is 25.2 Å². The van der Waals surface area contributed by atoms with Crippen LogP contribution in [0.1, 0.15) is 40.9 Å². The van der Waals surface area contributed by atoms with Crippen LogP contribution in [0.2, 0.25) is 0 Å². The molecule has 0 saturated heterocycles. The molecule has 170 valence electrons. The van der Waals surface area contributed by atoms with Crippen LogP contribution in [0.15, 0.2) is 35.2 Å². The molecule has 31 heavy (non-hydrogen) atoms. The van der Waals surface area contributed by atoms with Crippen LogP contribution >= 0.6 is 0 Å². The van der Waals surface area contributed by atoms with Crippen molar-refractivity contribution in [3.05, 3.63) is 52.6 Å². The average molecular weight is 448 g/mol. The summed E-state index contributed by atoms with van der Waals surface area (Å²) in [6.07, 6.45) is 0. The quantitative estimate of drug-likeness (QED) is 0.582. The van der Waals surface area contributed by atoms with Crippen molar-refractivity contribution < 1.29 is 17.9 Å². The van der Waals surface area contributed by atoms with E-state index in [4.69, 9.17) is 4.74 Å². The summed E-state index contributed by atoms with van der Waals surface area (Å²) in [4.78, 5) is 14.8. The molecular formula is C23H33N3O4S. The normalized spacial score (nSPS) is 11.5. The zero-order chi connectivity index (χ0) is 23.2. The highest BCUT2D eigenvalue weighted by atomic mass is 32.2. The number of nitrogens with one attached hydrogen (secondary N) is 2. The van der Waals surface area contributed by atoms with Crippen LogP contribution in [0.4, 0.5) is 5.69 Å². The summed E-state index contributed by atoms with van der Waals surface area (Å²) in [5.74, 6) is 0.476. The van der Waals surface area contributed by atoms with Gasteiger partial charge < -0.3 is 15.0 Å². The Morgan fingerprint density at radius 2 is 1.65 bits per heavy atom. The van der Waals surface area contributed by atoms with Crippen molar-refractivity contribution >= 4 is 21.6 Å². The molecule has 8 heteroatoms. The molecule has 0 aliphatic heterocycles. The van der Waals surface area contributed by atoms with Crippen LogP contribution in [-0.2, 0) is 10.0 Å². The Morgan fingerprint density at radius 3 is 2.19 bits per heavy atom. The van der Waals surface area contributed by atoms with E-state index in [0.29, 0.717) is 34.7 Å². The van der Waals surface area contributed by atoms with Crippen LogP contribution in [-0.4, -0.2) is 52.5 Å². The van der Waals surface area contributed by atoms with Gasteiger partial charge in [-0.1, -0.05) is 13.8 Å². The van der Waals surface area contributed by atoms with Gasteiger partial charge in [0.2, 0.25) is 0 Å². The van der Waals surface area contributed by atoms with Crippen molar-refractivity contribution in [2.24, 2.45) is 0 Å². The number of methoxy groups -OCH3 is 1. The predicted molar refractivity (Wildman–Crippen MR) is 125 cm³/mol. The molecule has 0 spiro atoms. The van der Waals surface area contributed by atoms with E-state index in [1.807, 2.05) is 6.92 Å². The topological polar surface area (TPSA) is 87.7 Å². The molecule has 7 nitrogen and oxygen atoms in total. The Morgan fingerprint density at radius 1 is 1.03 bits per heavy atom. The van der Waals surface area contributed by atoms with Crippen LogP contribution < -0.4 is 14.8 Å². The van der Waals surface area contributed by atoms with Gasteiger partial charge in [0, 0.05) is 24.3 Å². The number of carbonyl (C=O) groups is 1. The fourth-order valence-electron chi connectivity index (χ4n) is 3.51. The van der Waals surface area contributed by atoms with Crippen LogP contribution in [0.25, 0.3) is 0 Å². The number of sulfonamides is 1. The lowest BCUT2D eigenvalue weighted by Gasteiger charge is -2.18. The number of hydrogen-bond acceptors (Lipinski definition) is 5. The molecular weight excluding hydrogens is 414 g/mol. The molecule has 0 unspecified atom stereocenters. The molecule has 0 fully saturated rings. The van der Waals surface area contributed by atoms with E-state index in [1.54, 1.807) is 51.3 Å². The highest BCUT2D eigenvalue weighted by Gasteiger charge is 2.23. The highest BCUT2D eigenvalue weighted by Crippen LogP contribution is 2.31. The van der Waals surface area contributed by atoms with Gasteiger partial charge in [-0.15, -0.1) is 0 Å². The molecule has 0 aliphatic rings.